The fraction of sp³-hybridized carbons (Fsp3) is 0.571. The lowest BCUT2D eigenvalue weighted by molar-refractivity contribution is -0.136. The normalized spacial score (nSPS) is 31.2. The minimum atomic E-state index is -0.549. The molecule has 4 atom stereocenters. The minimum absolute atomic E-state index is 0.109. The number of rotatable bonds is 5. The summed E-state index contributed by atoms with van der Waals surface area (Å²) in [5.74, 6) is 1.82. The van der Waals surface area contributed by atoms with Crippen LogP contribution in [0.2, 0.25) is 0 Å². The summed E-state index contributed by atoms with van der Waals surface area (Å²) in [7, 11) is 2.16. The highest BCUT2D eigenvalue weighted by molar-refractivity contribution is 6.05. The Morgan fingerprint density at radius 2 is 1.96 bits per heavy atom. The number of nitrogens with zero attached hydrogens (tertiary/aromatic N) is 2. The molecule has 2 saturated heterocycles. The van der Waals surface area contributed by atoms with Crippen LogP contribution in [0.5, 0.6) is 0 Å². The molecule has 1 aromatic carbocycles. The van der Waals surface area contributed by atoms with Crippen molar-refractivity contribution in [1.82, 2.24) is 20.4 Å². The molecule has 3 fully saturated rings. The van der Waals surface area contributed by atoms with Gasteiger partial charge in [0.25, 0.3) is 5.91 Å². The Hall–Kier alpha value is -2.25. The zero-order chi connectivity index (χ0) is 19.4. The Morgan fingerprint density at radius 3 is 2.71 bits per heavy atom. The van der Waals surface area contributed by atoms with Crippen molar-refractivity contribution < 1.29 is 14.4 Å². The number of fused-ring (bicyclic) bond motifs is 2. The van der Waals surface area contributed by atoms with Gasteiger partial charge in [0.15, 0.2) is 0 Å². The maximum absolute atomic E-state index is 12.8. The first kappa shape index (κ1) is 17.8. The molecule has 1 aliphatic carbocycles. The summed E-state index contributed by atoms with van der Waals surface area (Å²) in [4.78, 5) is 40.3. The van der Waals surface area contributed by atoms with E-state index in [-0.39, 0.29) is 24.1 Å². The van der Waals surface area contributed by atoms with Crippen molar-refractivity contribution in [2.45, 2.75) is 32.0 Å². The summed E-state index contributed by atoms with van der Waals surface area (Å²) in [6, 6.07) is 5.47. The molecule has 2 unspecified atom stereocenters. The molecule has 4 aliphatic rings. The van der Waals surface area contributed by atoms with Crippen LogP contribution in [0.15, 0.2) is 18.2 Å². The second-order valence-electron chi connectivity index (χ2n) is 8.74. The average molecular weight is 382 g/mol. The number of hydrogen-bond acceptors (Lipinski definition) is 5. The monoisotopic (exact) mass is 382 g/mol. The molecule has 0 bridgehead atoms. The van der Waals surface area contributed by atoms with E-state index in [1.54, 1.807) is 4.90 Å². The van der Waals surface area contributed by atoms with E-state index in [2.05, 4.69) is 28.6 Å². The van der Waals surface area contributed by atoms with Crippen LogP contribution in [0.25, 0.3) is 0 Å². The van der Waals surface area contributed by atoms with Gasteiger partial charge < -0.3 is 15.1 Å². The summed E-state index contributed by atoms with van der Waals surface area (Å²) < 4.78 is 0. The van der Waals surface area contributed by atoms with Gasteiger partial charge >= 0.3 is 0 Å². The first-order chi connectivity index (χ1) is 13.5. The second-order valence-corrected chi connectivity index (χ2v) is 8.74. The molecule has 3 amide bonds. The zero-order valence-electron chi connectivity index (χ0n) is 16.1. The molecule has 5 rings (SSSR count). The molecule has 1 saturated carbocycles. The molecule has 0 radical (unpaired) electrons. The molecule has 148 valence electrons. The van der Waals surface area contributed by atoms with Crippen molar-refractivity contribution in [3.05, 3.63) is 34.9 Å². The number of nitrogens with one attached hydrogen (secondary N) is 2. The van der Waals surface area contributed by atoms with Crippen LogP contribution in [0, 0.1) is 17.8 Å². The third kappa shape index (κ3) is 3.02. The van der Waals surface area contributed by atoms with Crippen molar-refractivity contribution in [3.8, 4) is 0 Å². The Kier molecular flexibility index (Phi) is 4.25. The largest absolute Gasteiger partial charge is 0.322 e. The van der Waals surface area contributed by atoms with E-state index in [0.717, 1.165) is 36.4 Å². The van der Waals surface area contributed by atoms with Crippen LogP contribution in [0.4, 0.5) is 0 Å². The molecule has 0 spiro atoms. The highest BCUT2D eigenvalue weighted by Crippen LogP contribution is 2.48. The van der Waals surface area contributed by atoms with Crippen molar-refractivity contribution in [2.75, 3.05) is 26.7 Å². The maximum atomic E-state index is 12.8. The lowest BCUT2D eigenvalue weighted by Crippen LogP contribution is -2.52. The van der Waals surface area contributed by atoms with E-state index in [0.29, 0.717) is 18.5 Å². The van der Waals surface area contributed by atoms with Crippen molar-refractivity contribution in [1.29, 1.82) is 0 Å². The Bertz CT molecular complexity index is 844. The van der Waals surface area contributed by atoms with E-state index < -0.39 is 6.04 Å². The molecular formula is C21H26N4O3. The van der Waals surface area contributed by atoms with Crippen LogP contribution in [-0.4, -0.2) is 60.2 Å². The van der Waals surface area contributed by atoms with Crippen LogP contribution >= 0.6 is 0 Å². The molecule has 3 heterocycles. The number of carbonyl (C=O) groups excluding carboxylic acids is 3. The minimum Gasteiger partial charge on any atom is -0.322 e. The Balaban J connectivity index is 1.24. The SMILES string of the molecule is CN(Cc1ccc2c(c1)CN(C1CCC(=O)NC1=O)C2=O)CC1[C@H]2CNC[C@@H]12. The quantitative estimate of drug-likeness (QED) is 0.718. The summed E-state index contributed by atoms with van der Waals surface area (Å²) in [5, 5.41) is 5.79. The van der Waals surface area contributed by atoms with Gasteiger partial charge in [0.05, 0.1) is 0 Å². The summed E-state index contributed by atoms with van der Waals surface area (Å²) in [6.45, 7) is 4.76. The van der Waals surface area contributed by atoms with Gasteiger partial charge in [-0.15, -0.1) is 0 Å². The molecule has 7 nitrogen and oxygen atoms in total. The van der Waals surface area contributed by atoms with Gasteiger partial charge in [0, 0.05) is 31.6 Å². The van der Waals surface area contributed by atoms with Gasteiger partial charge in [-0.05, 0) is 61.5 Å². The highest BCUT2D eigenvalue weighted by Gasteiger charge is 2.52. The van der Waals surface area contributed by atoms with Crippen LogP contribution in [0.3, 0.4) is 0 Å². The summed E-state index contributed by atoms with van der Waals surface area (Å²) in [5.41, 5.74) is 2.86. The number of piperidine rings is 2. The topological polar surface area (TPSA) is 81.8 Å². The van der Waals surface area contributed by atoms with Crippen molar-refractivity contribution in [3.63, 3.8) is 0 Å². The van der Waals surface area contributed by atoms with Gasteiger partial charge in [-0.25, -0.2) is 0 Å². The van der Waals surface area contributed by atoms with Gasteiger partial charge in [0.1, 0.15) is 6.04 Å². The number of imide groups is 1. The summed E-state index contributed by atoms with van der Waals surface area (Å²) >= 11 is 0. The van der Waals surface area contributed by atoms with E-state index >= 15 is 0 Å². The molecular weight excluding hydrogens is 356 g/mol. The first-order valence-electron chi connectivity index (χ1n) is 10.2. The fourth-order valence-corrected chi connectivity index (χ4v) is 5.28. The lowest BCUT2D eigenvalue weighted by atomic mass is 10.0. The van der Waals surface area contributed by atoms with E-state index in [4.69, 9.17) is 0 Å². The van der Waals surface area contributed by atoms with Crippen molar-refractivity contribution >= 4 is 17.7 Å². The third-order valence-corrected chi connectivity index (χ3v) is 6.83. The number of carbonyl (C=O) groups is 3. The highest BCUT2D eigenvalue weighted by atomic mass is 16.2. The predicted octanol–water partition coefficient (Wildman–Crippen LogP) is 0.345. The van der Waals surface area contributed by atoms with Crippen LogP contribution < -0.4 is 10.6 Å². The number of benzene rings is 1. The number of amides is 3. The zero-order valence-corrected chi connectivity index (χ0v) is 16.1. The van der Waals surface area contributed by atoms with Crippen molar-refractivity contribution in [2.24, 2.45) is 17.8 Å². The maximum Gasteiger partial charge on any atom is 0.255 e. The van der Waals surface area contributed by atoms with Gasteiger partial charge in [-0.1, -0.05) is 12.1 Å². The fourth-order valence-electron chi connectivity index (χ4n) is 5.28. The van der Waals surface area contributed by atoms with Gasteiger partial charge in [0.2, 0.25) is 11.8 Å². The van der Waals surface area contributed by atoms with E-state index in [9.17, 15) is 14.4 Å². The second kappa shape index (κ2) is 6.67. The Labute approximate surface area is 164 Å². The van der Waals surface area contributed by atoms with Gasteiger partial charge in [-0.2, -0.15) is 0 Å². The molecule has 7 heteroatoms. The number of hydrogen-bond donors (Lipinski definition) is 2. The van der Waals surface area contributed by atoms with Crippen LogP contribution in [0.1, 0.15) is 34.3 Å². The standard InChI is InChI=1S/C21H26N4O3/c1-24(11-17-15-7-22-8-16(15)17)9-12-2-3-14-13(6-12)10-25(21(14)28)18-4-5-19(26)23-20(18)27/h2-3,6,15-18,22H,4-5,7-11H2,1H3,(H,23,26,27)/t15-,16+,17?,18?. The van der Waals surface area contributed by atoms with Crippen LogP contribution in [-0.2, 0) is 22.7 Å². The Morgan fingerprint density at radius 1 is 1.18 bits per heavy atom. The molecule has 3 aliphatic heterocycles. The lowest BCUT2D eigenvalue weighted by Gasteiger charge is -2.29. The van der Waals surface area contributed by atoms with E-state index in [1.165, 1.54) is 18.7 Å². The average Bonchev–Trinajstić information content (AvgIpc) is 2.99. The molecule has 2 N–H and O–H groups in total. The molecule has 0 aromatic heterocycles. The van der Waals surface area contributed by atoms with Gasteiger partial charge in [-0.3, -0.25) is 19.7 Å². The molecule has 28 heavy (non-hydrogen) atoms. The third-order valence-electron chi connectivity index (χ3n) is 6.83. The predicted molar refractivity (Wildman–Crippen MR) is 102 cm³/mol. The first-order valence-corrected chi connectivity index (χ1v) is 10.2. The summed E-state index contributed by atoms with van der Waals surface area (Å²) in [6.07, 6.45) is 0.684. The smallest absolute Gasteiger partial charge is 0.255 e. The molecule has 1 aromatic rings. The van der Waals surface area contributed by atoms with E-state index in [1.807, 2.05) is 12.1 Å².